The monoisotopic (exact) mass is 295 g/mol. The number of esters is 1. The highest BCUT2D eigenvalue weighted by molar-refractivity contribution is 6.33. The van der Waals surface area contributed by atoms with Gasteiger partial charge in [0.15, 0.2) is 0 Å². The SMILES string of the molecule is CC1CCC(C(C)C)C(OC(=O)c2cnccc2Cl)C1. The highest BCUT2D eigenvalue weighted by Crippen LogP contribution is 2.35. The van der Waals surface area contributed by atoms with Gasteiger partial charge in [0.25, 0.3) is 0 Å². The van der Waals surface area contributed by atoms with Crippen molar-refractivity contribution in [2.24, 2.45) is 17.8 Å². The van der Waals surface area contributed by atoms with Gasteiger partial charge in [-0.1, -0.05) is 38.8 Å². The third kappa shape index (κ3) is 3.51. The summed E-state index contributed by atoms with van der Waals surface area (Å²) in [5, 5.41) is 0.398. The molecule has 1 aliphatic rings. The third-order valence-corrected chi connectivity index (χ3v) is 4.54. The van der Waals surface area contributed by atoms with E-state index in [1.807, 2.05) is 0 Å². The van der Waals surface area contributed by atoms with E-state index >= 15 is 0 Å². The molecule has 0 spiro atoms. The van der Waals surface area contributed by atoms with Gasteiger partial charge in [0, 0.05) is 12.4 Å². The Morgan fingerprint density at radius 1 is 1.45 bits per heavy atom. The minimum absolute atomic E-state index is 0.0116. The minimum Gasteiger partial charge on any atom is -0.458 e. The number of carbonyl (C=O) groups is 1. The first-order valence-electron chi connectivity index (χ1n) is 7.29. The molecule has 0 bridgehead atoms. The van der Waals surface area contributed by atoms with Crippen LogP contribution in [0.4, 0.5) is 0 Å². The zero-order valence-corrected chi connectivity index (χ0v) is 13.1. The van der Waals surface area contributed by atoms with Crippen LogP contribution in [0.5, 0.6) is 0 Å². The van der Waals surface area contributed by atoms with E-state index in [0.29, 0.717) is 28.3 Å². The average molecular weight is 296 g/mol. The lowest BCUT2D eigenvalue weighted by molar-refractivity contribution is -0.0174. The number of pyridine rings is 1. The van der Waals surface area contributed by atoms with Crippen LogP contribution >= 0.6 is 11.6 Å². The average Bonchev–Trinajstić information content (AvgIpc) is 2.38. The number of rotatable bonds is 3. The summed E-state index contributed by atoms with van der Waals surface area (Å²) in [7, 11) is 0. The minimum atomic E-state index is -0.354. The first-order valence-corrected chi connectivity index (χ1v) is 7.67. The predicted octanol–water partition coefficient (Wildman–Crippen LogP) is 4.35. The topological polar surface area (TPSA) is 39.2 Å². The van der Waals surface area contributed by atoms with Crippen molar-refractivity contribution in [2.75, 3.05) is 0 Å². The van der Waals surface area contributed by atoms with Crippen LogP contribution in [-0.2, 0) is 4.74 Å². The molecule has 1 heterocycles. The van der Waals surface area contributed by atoms with Crippen LogP contribution in [0.2, 0.25) is 5.02 Å². The molecule has 1 fully saturated rings. The van der Waals surface area contributed by atoms with E-state index in [2.05, 4.69) is 25.8 Å². The van der Waals surface area contributed by atoms with Crippen molar-refractivity contribution < 1.29 is 9.53 Å². The molecule has 0 radical (unpaired) electrons. The molecule has 0 N–H and O–H groups in total. The Bertz CT molecular complexity index is 475. The summed E-state index contributed by atoms with van der Waals surface area (Å²) in [6.45, 7) is 6.60. The molecule has 3 atom stereocenters. The molecule has 20 heavy (non-hydrogen) atoms. The van der Waals surface area contributed by atoms with E-state index in [-0.39, 0.29) is 12.1 Å². The summed E-state index contributed by atoms with van der Waals surface area (Å²) in [5.74, 6) is 1.20. The molecular weight excluding hydrogens is 274 g/mol. The van der Waals surface area contributed by atoms with E-state index in [9.17, 15) is 4.79 Å². The molecule has 1 aliphatic carbocycles. The Morgan fingerprint density at radius 2 is 2.20 bits per heavy atom. The van der Waals surface area contributed by atoms with Crippen LogP contribution in [0.1, 0.15) is 50.4 Å². The van der Waals surface area contributed by atoms with Crippen LogP contribution in [0.15, 0.2) is 18.5 Å². The summed E-state index contributed by atoms with van der Waals surface area (Å²) in [4.78, 5) is 16.2. The first-order chi connectivity index (χ1) is 9.49. The van der Waals surface area contributed by atoms with Gasteiger partial charge in [-0.2, -0.15) is 0 Å². The second kappa shape index (κ2) is 6.57. The third-order valence-electron chi connectivity index (χ3n) is 4.21. The summed E-state index contributed by atoms with van der Waals surface area (Å²) in [6.07, 6.45) is 6.30. The van der Waals surface area contributed by atoms with E-state index in [4.69, 9.17) is 16.3 Å². The van der Waals surface area contributed by atoms with Crippen molar-refractivity contribution in [1.82, 2.24) is 4.98 Å². The fraction of sp³-hybridized carbons (Fsp3) is 0.625. The highest BCUT2D eigenvalue weighted by atomic mass is 35.5. The molecule has 3 unspecified atom stereocenters. The molecule has 3 nitrogen and oxygen atoms in total. The second-order valence-corrected chi connectivity index (χ2v) is 6.53. The van der Waals surface area contributed by atoms with E-state index in [1.165, 1.54) is 12.6 Å². The van der Waals surface area contributed by atoms with E-state index < -0.39 is 0 Å². The normalized spacial score (nSPS) is 26.6. The number of nitrogens with zero attached hydrogens (tertiary/aromatic N) is 1. The van der Waals surface area contributed by atoms with Crippen LogP contribution in [-0.4, -0.2) is 17.1 Å². The molecular formula is C16H22ClNO2. The highest BCUT2D eigenvalue weighted by Gasteiger charge is 2.33. The molecule has 1 aromatic rings. The zero-order valence-electron chi connectivity index (χ0n) is 12.3. The van der Waals surface area contributed by atoms with Crippen LogP contribution in [0, 0.1) is 17.8 Å². The maximum Gasteiger partial charge on any atom is 0.341 e. The Hall–Kier alpha value is -1.09. The molecule has 0 aromatic carbocycles. The predicted molar refractivity (Wildman–Crippen MR) is 79.8 cm³/mol. The van der Waals surface area contributed by atoms with Crippen molar-refractivity contribution in [3.05, 3.63) is 29.0 Å². The van der Waals surface area contributed by atoms with Crippen molar-refractivity contribution in [3.63, 3.8) is 0 Å². The van der Waals surface area contributed by atoms with Crippen molar-refractivity contribution in [2.45, 2.75) is 46.1 Å². The lowest BCUT2D eigenvalue weighted by Crippen LogP contribution is -2.35. The van der Waals surface area contributed by atoms with Crippen LogP contribution in [0.25, 0.3) is 0 Å². The zero-order chi connectivity index (χ0) is 14.7. The Kier molecular flexibility index (Phi) is 5.03. The lowest BCUT2D eigenvalue weighted by Gasteiger charge is -2.36. The molecule has 0 amide bonds. The fourth-order valence-corrected chi connectivity index (χ4v) is 3.16. The fourth-order valence-electron chi connectivity index (χ4n) is 2.98. The van der Waals surface area contributed by atoms with E-state index in [0.717, 1.165) is 12.8 Å². The number of carbonyl (C=O) groups excluding carboxylic acids is 1. The van der Waals surface area contributed by atoms with Gasteiger partial charge < -0.3 is 4.74 Å². The quantitative estimate of drug-likeness (QED) is 0.778. The maximum absolute atomic E-state index is 12.3. The van der Waals surface area contributed by atoms with Crippen molar-refractivity contribution in [1.29, 1.82) is 0 Å². The van der Waals surface area contributed by atoms with Gasteiger partial charge >= 0.3 is 5.97 Å². The molecule has 1 aromatic heterocycles. The molecule has 2 rings (SSSR count). The van der Waals surface area contributed by atoms with Gasteiger partial charge in [-0.05, 0) is 36.7 Å². The van der Waals surface area contributed by atoms with E-state index in [1.54, 1.807) is 12.3 Å². The molecule has 0 aliphatic heterocycles. The summed E-state index contributed by atoms with van der Waals surface area (Å²) in [6, 6.07) is 1.61. The first kappa shape index (κ1) is 15.3. The molecule has 4 heteroatoms. The molecule has 0 saturated heterocycles. The van der Waals surface area contributed by atoms with Gasteiger partial charge in [0.05, 0.1) is 10.6 Å². The summed E-state index contributed by atoms with van der Waals surface area (Å²) in [5.41, 5.74) is 0.356. The second-order valence-electron chi connectivity index (χ2n) is 6.13. The lowest BCUT2D eigenvalue weighted by atomic mass is 9.75. The van der Waals surface area contributed by atoms with Crippen molar-refractivity contribution >= 4 is 17.6 Å². The largest absolute Gasteiger partial charge is 0.458 e. The molecule has 1 saturated carbocycles. The van der Waals surface area contributed by atoms with Crippen LogP contribution in [0.3, 0.4) is 0 Å². The summed E-state index contributed by atoms with van der Waals surface area (Å²) >= 11 is 6.02. The van der Waals surface area contributed by atoms with Crippen LogP contribution < -0.4 is 0 Å². The number of hydrogen-bond donors (Lipinski definition) is 0. The van der Waals surface area contributed by atoms with Gasteiger partial charge in [-0.25, -0.2) is 4.79 Å². The number of halogens is 1. The number of aromatic nitrogens is 1. The Morgan fingerprint density at radius 3 is 2.85 bits per heavy atom. The van der Waals surface area contributed by atoms with Gasteiger partial charge in [-0.3, -0.25) is 4.98 Å². The van der Waals surface area contributed by atoms with Gasteiger partial charge in [0.1, 0.15) is 6.10 Å². The maximum atomic E-state index is 12.3. The van der Waals surface area contributed by atoms with Gasteiger partial charge in [-0.15, -0.1) is 0 Å². The molecule has 110 valence electrons. The standard InChI is InChI=1S/C16H22ClNO2/c1-10(2)12-5-4-11(3)8-15(12)20-16(19)13-9-18-7-6-14(13)17/h6-7,9-12,15H,4-5,8H2,1-3H3. The van der Waals surface area contributed by atoms with Gasteiger partial charge in [0.2, 0.25) is 0 Å². The Balaban J connectivity index is 2.10. The number of hydrogen-bond acceptors (Lipinski definition) is 3. The Labute approximate surface area is 125 Å². The van der Waals surface area contributed by atoms with Crippen molar-refractivity contribution in [3.8, 4) is 0 Å². The number of ether oxygens (including phenoxy) is 1. The smallest absolute Gasteiger partial charge is 0.341 e. The summed E-state index contributed by atoms with van der Waals surface area (Å²) < 4.78 is 5.74.